The first-order valence-corrected chi connectivity index (χ1v) is 5.20. The smallest absolute Gasteiger partial charge is 0.0933 e. The molecule has 0 aliphatic carbocycles. The van der Waals surface area contributed by atoms with Gasteiger partial charge in [-0.25, -0.2) is 4.98 Å². The molecule has 1 aromatic rings. The minimum atomic E-state index is 0.0695. The van der Waals surface area contributed by atoms with E-state index < -0.39 is 0 Å². The van der Waals surface area contributed by atoms with Gasteiger partial charge in [-0.2, -0.15) is 0 Å². The predicted octanol–water partition coefficient (Wildman–Crippen LogP) is 1.73. The topological polar surface area (TPSA) is 42.4 Å². The van der Waals surface area contributed by atoms with Gasteiger partial charge < -0.3 is 9.84 Å². The molecule has 0 aliphatic heterocycles. The van der Waals surface area contributed by atoms with Crippen molar-refractivity contribution in [1.29, 1.82) is 0 Å². The summed E-state index contributed by atoms with van der Waals surface area (Å²) in [5.41, 5.74) is 0.887. The Morgan fingerprint density at radius 3 is 2.85 bits per heavy atom. The summed E-state index contributed by atoms with van der Waals surface area (Å²) in [6.45, 7) is 2.69. The van der Waals surface area contributed by atoms with Crippen LogP contribution in [0.1, 0.15) is 28.9 Å². The maximum absolute atomic E-state index is 9.04. The van der Waals surface area contributed by atoms with Crippen molar-refractivity contribution in [2.45, 2.75) is 33.0 Å². The standard InChI is InChI=1S/C9H15NO2S/c1-3-4-9-10-7(6-12-2)8(5-11)13-9/h11H,3-6H2,1-2H3. The Kier molecular flexibility index (Phi) is 4.35. The molecule has 0 saturated heterocycles. The monoisotopic (exact) mass is 201 g/mol. The number of hydrogen-bond donors (Lipinski definition) is 1. The molecule has 0 radical (unpaired) electrons. The lowest BCUT2D eigenvalue weighted by Gasteiger charge is -1.95. The van der Waals surface area contributed by atoms with Crippen molar-refractivity contribution in [3.63, 3.8) is 0 Å². The van der Waals surface area contributed by atoms with Gasteiger partial charge in [-0.15, -0.1) is 11.3 Å². The van der Waals surface area contributed by atoms with Crippen LogP contribution in [0.3, 0.4) is 0 Å². The maximum Gasteiger partial charge on any atom is 0.0933 e. The number of methoxy groups -OCH3 is 1. The maximum atomic E-state index is 9.04. The Labute approximate surface area is 82.4 Å². The zero-order valence-electron chi connectivity index (χ0n) is 8.04. The number of rotatable bonds is 5. The summed E-state index contributed by atoms with van der Waals surface area (Å²) in [6, 6.07) is 0. The van der Waals surface area contributed by atoms with E-state index >= 15 is 0 Å². The first kappa shape index (κ1) is 10.6. The molecule has 74 valence electrons. The highest BCUT2D eigenvalue weighted by molar-refractivity contribution is 7.11. The van der Waals surface area contributed by atoms with E-state index in [0.29, 0.717) is 6.61 Å². The van der Waals surface area contributed by atoms with Crippen LogP contribution in [0, 0.1) is 0 Å². The number of hydrogen-bond acceptors (Lipinski definition) is 4. The number of aliphatic hydroxyl groups is 1. The fourth-order valence-electron chi connectivity index (χ4n) is 1.13. The van der Waals surface area contributed by atoms with Gasteiger partial charge in [0.15, 0.2) is 0 Å². The Bertz CT molecular complexity index is 260. The second-order valence-electron chi connectivity index (χ2n) is 2.82. The molecule has 13 heavy (non-hydrogen) atoms. The number of ether oxygens (including phenoxy) is 1. The van der Waals surface area contributed by atoms with Crippen molar-refractivity contribution >= 4 is 11.3 Å². The van der Waals surface area contributed by atoms with Crippen LogP contribution in [0.4, 0.5) is 0 Å². The Morgan fingerprint density at radius 2 is 2.31 bits per heavy atom. The summed E-state index contributed by atoms with van der Waals surface area (Å²) in [6.07, 6.45) is 2.08. The van der Waals surface area contributed by atoms with Crippen LogP contribution in [0.15, 0.2) is 0 Å². The Balaban J connectivity index is 2.77. The Hall–Kier alpha value is -0.450. The molecule has 4 heteroatoms. The van der Waals surface area contributed by atoms with Crippen LogP contribution in [0.25, 0.3) is 0 Å². The third-order valence-electron chi connectivity index (χ3n) is 1.71. The molecule has 0 amide bonds. The lowest BCUT2D eigenvalue weighted by atomic mass is 10.3. The minimum Gasteiger partial charge on any atom is -0.391 e. The van der Waals surface area contributed by atoms with Crippen LogP contribution >= 0.6 is 11.3 Å². The highest BCUT2D eigenvalue weighted by atomic mass is 32.1. The molecule has 0 atom stereocenters. The van der Waals surface area contributed by atoms with E-state index in [-0.39, 0.29) is 6.61 Å². The van der Waals surface area contributed by atoms with Gasteiger partial charge in [0.1, 0.15) is 0 Å². The van der Waals surface area contributed by atoms with Crippen molar-refractivity contribution in [3.05, 3.63) is 15.6 Å². The van der Waals surface area contributed by atoms with E-state index in [4.69, 9.17) is 9.84 Å². The molecule has 1 rings (SSSR count). The summed E-state index contributed by atoms with van der Waals surface area (Å²) in [5.74, 6) is 0. The van der Waals surface area contributed by atoms with E-state index in [0.717, 1.165) is 28.4 Å². The van der Waals surface area contributed by atoms with E-state index in [2.05, 4.69) is 11.9 Å². The molecule has 0 fully saturated rings. The molecular formula is C9H15NO2S. The van der Waals surface area contributed by atoms with Gasteiger partial charge >= 0.3 is 0 Å². The molecule has 3 nitrogen and oxygen atoms in total. The van der Waals surface area contributed by atoms with Gasteiger partial charge in [0, 0.05) is 7.11 Å². The molecule has 1 aromatic heterocycles. The molecule has 0 bridgehead atoms. The SMILES string of the molecule is CCCc1nc(COC)c(CO)s1. The van der Waals surface area contributed by atoms with Gasteiger partial charge in [-0.3, -0.25) is 0 Å². The van der Waals surface area contributed by atoms with Crippen molar-refractivity contribution in [2.75, 3.05) is 7.11 Å². The first-order valence-electron chi connectivity index (χ1n) is 4.39. The van der Waals surface area contributed by atoms with Crippen LogP contribution in [0.5, 0.6) is 0 Å². The number of aromatic nitrogens is 1. The van der Waals surface area contributed by atoms with Gasteiger partial charge in [-0.1, -0.05) is 6.92 Å². The van der Waals surface area contributed by atoms with Crippen LogP contribution in [-0.4, -0.2) is 17.2 Å². The van der Waals surface area contributed by atoms with E-state index in [1.807, 2.05) is 0 Å². The van der Waals surface area contributed by atoms with Crippen LogP contribution < -0.4 is 0 Å². The van der Waals surface area contributed by atoms with Gasteiger partial charge in [0.2, 0.25) is 0 Å². The van der Waals surface area contributed by atoms with Crippen LogP contribution in [0.2, 0.25) is 0 Å². The summed E-state index contributed by atoms with van der Waals surface area (Å²) in [7, 11) is 1.64. The van der Waals surface area contributed by atoms with Crippen molar-refractivity contribution in [1.82, 2.24) is 4.98 Å². The second-order valence-corrected chi connectivity index (χ2v) is 3.99. The average Bonchev–Trinajstić information content (AvgIpc) is 2.49. The zero-order chi connectivity index (χ0) is 9.68. The van der Waals surface area contributed by atoms with E-state index in [1.54, 1.807) is 18.4 Å². The quantitative estimate of drug-likeness (QED) is 0.789. The van der Waals surface area contributed by atoms with Crippen molar-refractivity contribution < 1.29 is 9.84 Å². The number of thiazole rings is 1. The summed E-state index contributed by atoms with van der Waals surface area (Å²) < 4.78 is 4.99. The molecule has 1 heterocycles. The number of aliphatic hydroxyl groups excluding tert-OH is 1. The van der Waals surface area contributed by atoms with Gasteiger partial charge in [-0.05, 0) is 12.8 Å². The van der Waals surface area contributed by atoms with E-state index in [1.165, 1.54) is 0 Å². The third-order valence-corrected chi connectivity index (χ3v) is 2.85. The highest BCUT2D eigenvalue weighted by Gasteiger charge is 2.08. The summed E-state index contributed by atoms with van der Waals surface area (Å²) >= 11 is 1.58. The summed E-state index contributed by atoms with van der Waals surface area (Å²) in [5, 5.41) is 10.1. The fourth-order valence-corrected chi connectivity index (χ4v) is 2.16. The lowest BCUT2D eigenvalue weighted by molar-refractivity contribution is 0.178. The first-order chi connectivity index (χ1) is 6.31. The lowest BCUT2D eigenvalue weighted by Crippen LogP contribution is -1.93. The largest absolute Gasteiger partial charge is 0.391 e. The summed E-state index contributed by atoms with van der Waals surface area (Å²) in [4.78, 5) is 5.33. The van der Waals surface area contributed by atoms with Gasteiger partial charge in [0.25, 0.3) is 0 Å². The third kappa shape index (κ3) is 2.76. The second kappa shape index (κ2) is 5.32. The highest BCUT2D eigenvalue weighted by Crippen LogP contribution is 2.20. The van der Waals surface area contributed by atoms with Crippen molar-refractivity contribution in [3.8, 4) is 0 Å². The zero-order valence-corrected chi connectivity index (χ0v) is 8.86. The number of nitrogens with zero attached hydrogens (tertiary/aromatic N) is 1. The molecule has 0 unspecified atom stereocenters. The fraction of sp³-hybridized carbons (Fsp3) is 0.667. The predicted molar refractivity (Wildman–Crippen MR) is 52.7 cm³/mol. The number of aryl methyl sites for hydroxylation is 1. The van der Waals surface area contributed by atoms with Crippen molar-refractivity contribution in [2.24, 2.45) is 0 Å². The molecule has 0 spiro atoms. The van der Waals surface area contributed by atoms with Gasteiger partial charge in [0.05, 0.1) is 28.8 Å². The molecule has 1 N–H and O–H groups in total. The molecule has 0 saturated carbocycles. The minimum absolute atomic E-state index is 0.0695. The normalized spacial score (nSPS) is 10.7. The molecule has 0 aromatic carbocycles. The molecular weight excluding hydrogens is 186 g/mol. The molecule has 0 aliphatic rings. The Morgan fingerprint density at radius 1 is 1.54 bits per heavy atom. The van der Waals surface area contributed by atoms with E-state index in [9.17, 15) is 0 Å². The van der Waals surface area contributed by atoms with Crippen LogP contribution in [-0.2, 0) is 24.4 Å². The average molecular weight is 201 g/mol.